The lowest BCUT2D eigenvalue weighted by atomic mass is 9.90. The van der Waals surface area contributed by atoms with Crippen LogP contribution < -0.4 is 0 Å². The summed E-state index contributed by atoms with van der Waals surface area (Å²) in [5, 5.41) is 2.32. The van der Waals surface area contributed by atoms with Crippen LogP contribution in [-0.4, -0.2) is 10.2 Å². The zero-order chi connectivity index (χ0) is 12.5. The highest BCUT2D eigenvalue weighted by molar-refractivity contribution is 9.11. The van der Waals surface area contributed by atoms with E-state index in [9.17, 15) is 0 Å². The Bertz CT molecular complexity index is 556. The monoisotopic (exact) mass is 301 g/mol. The van der Waals surface area contributed by atoms with Crippen molar-refractivity contribution in [2.75, 3.05) is 0 Å². The lowest BCUT2D eigenvalue weighted by Crippen LogP contribution is -2.25. The molecule has 0 nitrogen and oxygen atoms in total. The normalized spacial score (nSPS) is 14.5. The van der Waals surface area contributed by atoms with Gasteiger partial charge < -0.3 is 0 Å². The molecule has 0 amide bonds. The maximum absolute atomic E-state index is 4.05. The molecular formula is C15H14BrSi. The fourth-order valence-corrected chi connectivity index (χ4v) is 2.84. The summed E-state index contributed by atoms with van der Waals surface area (Å²) < 4.78 is 0.959. The Morgan fingerprint density at radius 1 is 1.24 bits per heavy atom. The zero-order valence-electron chi connectivity index (χ0n) is 9.83. The number of fused-ring (bicyclic) bond motifs is 1. The van der Waals surface area contributed by atoms with Crippen LogP contribution in [0.1, 0.15) is 18.9 Å². The minimum atomic E-state index is -0.207. The molecule has 2 rings (SSSR count). The van der Waals surface area contributed by atoms with Gasteiger partial charge in [-0.05, 0) is 27.2 Å². The highest BCUT2D eigenvalue weighted by Crippen LogP contribution is 2.38. The van der Waals surface area contributed by atoms with Crippen molar-refractivity contribution in [2.24, 2.45) is 0 Å². The summed E-state index contributed by atoms with van der Waals surface area (Å²) in [5.41, 5.74) is 1.26. The van der Waals surface area contributed by atoms with E-state index < -0.39 is 0 Å². The first kappa shape index (κ1) is 12.6. The molecule has 0 fully saturated rings. The summed E-state index contributed by atoms with van der Waals surface area (Å²) >= 11 is 3.54. The van der Waals surface area contributed by atoms with Crippen LogP contribution in [0.15, 0.2) is 53.5 Å². The highest BCUT2D eigenvalue weighted by atomic mass is 79.9. The molecule has 0 aliphatic carbocycles. The summed E-state index contributed by atoms with van der Waals surface area (Å²) in [6, 6.07) is 14.8. The average molecular weight is 302 g/mol. The van der Waals surface area contributed by atoms with Gasteiger partial charge in [0, 0.05) is 15.3 Å². The average Bonchev–Trinajstić information content (AvgIpc) is 2.37. The predicted octanol–water partition coefficient (Wildman–Crippen LogP) is 4.52. The van der Waals surface area contributed by atoms with Crippen LogP contribution in [0.3, 0.4) is 0 Å². The molecule has 85 valence electrons. The minimum absolute atomic E-state index is 0.207. The minimum Gasteiger partial charge on any atom is -0.0883 e. The number of rotatable bonds is 3. The van der Waals surface area contributed by atoms with Gasteiger partial charge in [-0.15, -0.1) is 0 Å². The Labute approximate surface area is 114 Å². The van der Waals surface area contributed by atoms with Gasteiger partial charge >= 0.3 is 0 Å². The second-order valence-corrected chi connectivity index (χ2v) is 6.00. The van der Waals surface area contributed by atoms with E-state index >= 15 is 0 Å². The first-order valence-corrected chi connectivity index (χ1v) is 6.97. The van der Waals surface area contributed by atoms with Crippen LogP contribution in [0, 0.1) is 0 Å². The van der Waals surface area contributed by atoms with Crippen molar-refractivity contribution in [3.63, 3.8) is 0 Å². The van der Waals surface area contributed by atoms with Crippen molar-refractivity contribution >= 4 is 36.9 Å². The quantitative estimate of drug-likeness (QED) is 0.731. The molecule has 2 heteroatoms. The highest BCUT2D eigenvalue weighted by Gasteiger charge is 2.28. The Hall–Kier alpha value is -0.863. The van der Waals surface area contributed by atoms with Gasteiger partial charge in [-0.3, -0.25) is 0 Å². The van der Waals surface area contributed by atoms with E-state index in [4.69, 9.17) is 0 Å². The Kier molecular flexibility index (Phi) is 3.55. The molecule has 2 aromatic rings. The molecule has 0 aliphatic rings. The van der Waals surface area contributed by atoms with E-state index in [-0.39, 0.29) is 5.04 Å². The summed E-state index contributed by atoms with van der Waals surface area (Å²) in [6.07, 6.45) is 0.946. The first-order valence-electron chi connectivity index (χ1n) is 5.67. The van der Waals surface area contributed by atoms with E-state index in [1.807, 2.05) is 0 Å². The van der Waals surface area contributed by atoms with Crippen molar-refractivity contribution in [3.05, 3.63) is 59.1 Å². The summed E-state index contributed by atoms with van der Waals surface area (Å²) in [5.74, 6) is 0. The number of benzene rings is 2. The number of hydrogen-bond donors (Lipinski definition) is 0. The Morgan fingerprint density at radius 2 is 1.88 bits per heavy atom. The molecule has 0 saturated carbocycles. The van der Waals surface area contributed by atoms with Crippen LogP contribution >= 0.6 is 15.9 Å². The fourth-order valence-electron chi connectivity index (χ4n) is 2.13. The molecule has 1 atom stereocenters. The second kappa shape index (κ2) is 4.79. The van der Waals surface area contributed by atoms with Crippen LogP contribution in [0.25, 0.3) is 10.8 Å². The van der Waals surface area contributed by atoms with Gasteiger partial charge in [0.15, 0.2) is 0 Å². The van der Waals surface area contributed by atoms with Crippen molar-refractivity contribution in [2.45, 2.75) is 18.4 Å². The molecule has 0 spiro atoms. The summed E-state index contributed by atoms with van der Waals surface area (Å²) in [4.78, 5) is 0. The van der Waals surface area contributed by atoms with Crippen molar-refractivity contribution in [1.82, 2.24) is 0 Å². The molecule has 0 bridgehead atoms. The third kappa shape index (κ3) is 2.12. The molecule has 0 aromatic heterocycles. The maximum Gasteiger partial charge on any atom is 0.0451 e. The fraction of sp³-hybridized carbons (Fsp3) is 0.200. The number of halogens is 1. The molecule has 0 heterocycles. The predicted molar refractivity (Wildman–Crippen MR) is 79.7 cm³/mol. The largest absolute Gasteiger partial charge is 0.0883 e. The lowest BCUT2D eigenvalue weighted by molar-refractivity contribution is 0.721. The molecule has 0 saturated heterocycles. The molecular weight excluding hydrogens is 288 g/mol. The van der Waals surface area contributed by atoms with Gasteiger partial charge in [-0.1, -0.05) is 71.9 Å². The second-order valence-electron chi connectivity index (χ2n) is 4.19. The van der Waals surface area contributed by atoms with Crippen LogP contribution in [0.2, 0.25) is 0 Å². The van der Waals surface area contributed by atoms with Crippen LogP contribution in [-0.2, 0) is 5.04 Å². The molecule has 3 radical (unpaired) electrons. The molecule has 0 aliphatic heterocycles. The number of hydrogen-bond acceptors (Lipinski definition) is 0. The Morgan fingerprint density at radius 3 is 2.53 bits per heavy atom. The molecule has 2 aromatic carbocycles. The SMILES string of the molecule is C=C(Br)C([Si])(CC)c1cccc2ccccc12. The van der Waals surface area contributed by atoms with E-state index in [2.05, 4.69) is 82.1 Å². The van der Waals surface area contributed by atoms with Gasteiger partial charge in [0.05, 0.1) is 0 Å². The van der Waals surface area contributed by atoms with Gasteiger partial charge in [-0.25, -0.2) is 0 Å². The standard InChI is InChI=1S/C15H14BrSi/c1-3-15(17,11(2)16)14-10-6-8-12-7-4-5-9-13(12)14/h4-10H,2-3H2,1H3. The smallest absolute Gasteiger partial charge is 0.0451 e. The lowest BCUT2D eigenvalue weighted by Gasteiger charge is -2.29. The third-order valence-corrected chi connectivity index (χ3v) is 5.21. The van der Waals surface area contributed by atoms with Crippen molar-refractivity contribution in [1.29, 1.82) is 0 Å². The van der Waals surface area contributed by atoms with Gasteiger partial charge in [0.25, 0.3) is 0 Å². The van der Waals surface area contributed by atoms with Gasteiger partial charge in [-0.2, -0.15) is 0 Å². The number of allylic oxidation sites excluding steroid dienone is 1. The van der Waals surface area contributed by atoms with E-state index in [0.717, 1.165) is 10.9 Å². The summed E-state index contributed by atoms with van der Waals surface area (Å²) in [7, 11) is 3.89. The molecule has 0 N–H and O–H groups in total. The van der Waals surface area contributed by atoms with Crippen molar-refractivity contribution in [3.8, 4) is 0 Å². The third-order valence-electron chi connectivity index (χ3n) is 3.24. The van der Waals surface area contributed by atoms with E-state index in [1.165, 1.54) is 16.3 Å². The topological polar surface area (TPSA) is 0 Å². The van der Waals surface area contributed by atoms with Crippen molar-refractivity contribution < 1.29 is 0 Å². The van der Waals surface area contributed by atoms with Crippen LogP contribution in [0.5, 0.6) is 0 Å². The van der Waals surface area contributed by atoms with E-state index in [1.54, 1.807) is 0 Å². The van der Waals surface area contributed by atoms with Gasteiger partial charge in [0.1, 0.15) is 0 Å². The van der Waals surface area contributed by atoms with Crippen LogP contribution in [0.4, 0.5) is 0 Å². The molecule has 1 unspecified atom stereocenters. The van der Waals surface area contributed by atoms with Gasteiger partial charge in [0.2, 0.25) is 0 Å². The zero-order valence-corrected chi connectivity index (χ0v) is 12.4. The summed E-state index contributed by atoms with van der Waals surface area (Å²) in [6.45, 7) is 6.20. The first-order chi connectivity index (χ1) is 8.09. The van der Waals surface area contributed by atoms with E-state index in [0.29, 0.717) is 0 Å². The molecule has 17 heavy (non-hydrogen) atoms. The maximum atomic E-state index is 4.05. The Balaban J connectivity index is 2.74.